The molecule has 0 heterocycles. The van der Waals surface area contributed by atoms with Crippen LogP contribution in [0.2, 0.25) is 0 Å². The van der Waals surface area contributed by atoms with E-state index in [-0.39, 0.29) is 0 Å². The maximum absolute atomic E-state index is 5.11. The molecule has 0 amide bonds. The SMILES string of the molecule is COCCN(CCCCBr)CC(C)C. The van der Waals surface area contributed by atoms with Crippen molar-refractivity contribution in [2.45, 2.75) is 26.7 Å². The summed E-state index contributed by atoms with van der Waals surface area (Å²) in [6.45, 7) is 8.84. The summed E-state index contributed by atoms with van der Waals surface area (Å²) in [6, 6.07) is 0. The largest absolute Gasteiger partial charge is 0.383 e. The van der Waals surface area contributed by atoms with Crippen LogP contribution < -0.4 is 0 Å². The number of alkyl halides is 1. The highest BCUT2D eigenvalue weighted by Gasteiger charge is 2.06. The summed E-state index contributed by atoms with van der Waals surface area (Å²) in [5.41, 5.74) is 0. The molecular formula is C11H24BrNO. The van der Waals surface area contributed by atoms with Gasteiger partial charge in [0.25, 0.3) is 0 Å². The first-order valence-corrected chi connectivity index (χ1v) is 6.60. The molecule has 0 aromatic carbocycles. The summed E-state index contributed by atoms with van der Waals surface area (Å²) in [5.74, 6) is 0.746. The van der Waals surface area contributed by atoms with Crippen LogP contribution in [0.15, 0.2) is 0 Å². The lowest BCUT2D eigenvalue weighted by Crippen LogP contribution is -2.32. The molecule has 0 saturated heterocycles. The lowest BCUT2D eigenvalue weighted by atomic mass is 10.2. The van der Waals surface area contributed by atoms with Crippen molar-refractivity contribution in [1.29, 1.82) is 0 Å². The number of hydrogen-bond donors (Lipinski definition) is 0. The Labute approximate surface area is 97.1 Å². The van der Waals surface area contributed by atoms with Gasteiger partial charge in [-0.15, -0.1) is 0 Å². The monoisotopic (exact) mass is 265 g/mol. The minimum Gasteiger partial charge on any atom is -0.383 e. The molecule has 0 aliphatic heterocycles. The number of rotatable bonds is 9. The van der Waals surface area contributed by atoms with Gasteiger partial charge in [-0.1, -0.05) is 29.8 Å². The highest BCUT2D eigenvalue weighted by atomic mass is 79.9. The summed E-state index contributed by atoms with van der Waals surface area (Å²) in [7, 11) is 1.77. The Hall–Kier alpha value is 0.400. The molecule has 0 saturated carbocycles. The van der Waals surface area contributed by atoms with Crippen LogP contribution in [0.1, 0.15) is 26.7 Å². The summed E-state index contributed by atoms with van der Waals surface area (Å²) >= 11 is 3.46. The van der Waals surface area contributed by atoms with Crippen molar-refractivity contribution in [3.05, 3.63) is 0 Å². The van der Waals surface area contributed by atoms with E-state index in [1.54, 1.807) is 7.11 Å². The number of halogens is 1. The zero-order valence-electron chi connectivity index (χ0n) is 9.76. The van der Waals surface area contributed by atoms with E-state index in [2.05, 4.69) is 34.7 Å². The second kappa shape index (κ2) is 9.94. The van der Waals surface area contributed by atoms with Crippen molar-refractivity contribution >= 4 is 15.9 Å². The van der Waals surface area contributed by atoms with Crippen molar-refractivity contribution in [3.8, 4) is 0 Å². The molecule has 0 aliphatic carbocycles. The van der Waals surface area contributed by atoms with Gasteiger partial charge in [0.15, 0.2) is 0 Å². The van der Waals surface area contributed by atoms with Crippen molar-refractivity contribution in [1.82, 2.24) is 4.90 Å². The standard InChI is InChI=1S/C11H24BrNO/c1-11(2)10-13(8-9-14-3)7-5-4-6-12/h11H,4-10H2,1-3H3. The molecule has 0 bridgehead atoms. The van der Waals surface area contributed by atoms with Crippen molar-refractivity contribution in [2.75, 3.05) is 38.7 Å². The van der Waals surface area contributed by atoms with Gasteiger partial charge in [0.2, 0.25) is 0 Å². The van der Waals surface area contributed by atoms with Crippen molar-refractivity contribution < 1.29 is 4.74 Å². The first kappa shape index (κ1) is 14.4. The molecule has 0 spiro atoms. The molecule has 0 N–H and O–H groups in total. The van der Waals surface area contributed by atoms with Gasteiger partial charge in [0.1, 0.15) is 0 Å². The van der Waals surface area contributed by atoms with Gasteiger partial charge in [-0.2, -0.15) is 0 Å². The van der Waals surface area contributed by atoms with E-state index < -0.39 is 0 Å². The number of ether oxygens (including phenoxy) is 1. The first-order chi connectivity index (χ1) is 6.70. The number of unbranched alkanes of at least 4 members (excludes halogenated alkanes) is 1. The Morgan fingerprint density at radius 2 is 1.93 bits per heavy atom. The number of methoxy groups -OCH3 is 1. The van der Waals surface area contributed by atoms with Gasteiger partial charge >= 0.3 is 0 Å². The molecule has 3 heteroatoms. The van der Waals surface area contributed by atoms with E-state index in [0.717, 1.165) is 24.4 Å². The van der Waals surface area contributed by atoms with E-state index in [4.69, 9.17) is 4.74 Å². The van der Waals surface area contributed by atoms with Gasteiger partial charge in [-0.3, -0.25) is 0 Å². The summed E-state index contributed by atoms with van der Waals surface area (Å²) in [4.78, 5) is 2.50. The van der Waals surface area contributed by atoms with E-state index in [1.807, 2.05) is 0 Å². The van der Waals surface area contributed by atoms with Crippen LogP contribution >= 0.6 is 15.9 Å². The maximum Gasteiger partial charge on any atom is 0.0589 e. The predicted octanol–water partition coefficient (Wildman–Crippen LogP) is 2.77. The second-order valence-corrected chi connectivity index (χ2v) is 4.88. The summed E-state index contributed by atoms with van der Waals surface area (Å²) in [6.07, 6.45) is 2.54. The third kappa shape index (κ3) is 8.97. The third-order valence-electron chi connectivity index (χ3n) is 2.09. The molecule has 86 valence electrons. The van der Waals surface area contributed by atoms with Crippen LogP contribution in [0.5, 0.6) is 0 Å². The highest BCUT2D eigenvalue weighted by molar-refractivity contribution is 9.09. The van der Waals surface area contributed by atoms with Gasteiger partial charge in [-0.05, 0) is 25.3 Å². The molecule has 2 nitrogen and oxygen atoms in total. The molecule has 0 radical (unpaired) electrons. The molecule has 14 heavy (non-hydrogen) atoms. The Morgan fingerprint density at radius 1 is 1.21 bits per heavy atom. The minimum atomic E-state index is 0.746. The Kier molecular flexibility index (Phi) is 10.2. The summed E-state index contributed by atoms with van der Waals surface area (Å²) < 4.78 is 5.11. The van der Waals surface area contributed by atoms with Crippen molar-refractivity contribution in [2.24, 2.45) is 5.92 Å². The maximum atomic E-state index is 5.11. The van der Waals surface area contributed by atoms with Gasteiger partial charge < -0.3 is 9.64 Å². The highest BCUT2D eigenvalue weighted by Crippen LogP contribution is 2.02. The fraction of sp³-hybridized carbons (Fsp3) is 1.00. The van der Waals surface area contributed by atoms with Crippen LogP contribution in [0, 0.1) is 5.92 Å². The lowest BCUT2D eigenvalue weighted by molar-refractivity contribution is 0.139. The fourth-order valence-corrected chi connectivity index (χ4v) is 1.86. The number of hydrogen-bond acceptors (Lipinski definition) is 2. The molecule has 0 aromatic heterocycles. The van der Waals surface area contributed by atoms with Crippen LogP contribution in [0.3, 0.4) is 0 Å². The summed E-state index contributed by atoms with van der Waals surface area (Å²) in [5, 5.41) is 1.12. The quantitative estimate of drug-likeness (QED) is 0.470. The molecular weight excluding hydrogens is 242 g/mol. The molecule has 0 rings (SSSR count). The normalized spacial score (nSPS) is 11.6. The predicted molar refractivity (Wildman–Crippen MR) is 66.2 cm³/mol. The minimum absolute atomic E-state index is 0.746. The van der Waals surface area contributed by atoms with Gasteiger partial charge in [0.05, 0.1) is 6.61 Å². The Balaban J connectivity index is 3.61. The topological polar surface area (TPSA) is 12.5 Å². The van der Waals surface area contributed by atoms with Crippen LogP contribution in [0.4, 0.5) is 0 Å². The lowest BCUT2D eigenvalue weighted by Gasteiger charge is -2.23. The third-order valence-corrected chi connectivity index (χ3v) is 2.65. The smallest absolute Gasteiger partial charge is 0.0589 e. The molecule has 0 atom stereocenters. The van der Waals surface area contributed by atoms with Crippen LogP contribution in [-0.2, 0) is 4.74 Å². The van der Waals surface area contributed by atoms with Crippen LogP contribution in [-0.4, -0.2) is 43.6 Å². The van der Waals surface area contributed by atoms with Crippen molar-refractivity contribution in [3.63, 3.8) is 0 Å². The average molecular weight is 266 g/mol. The number of nitrogens with zero attached hydrogens (tertiary/aromatic N) is 1. The zero-order valence-corrected chi connectivity index (χ0v) is 11.3. The molecule has 0 unspecified atom stereocenters. The van der Waals surface area contributed by atoms with E-state index in [0.29, 0.717) is 0 Å². The fourth-order valence-electron chi connectivity index (χ4n) is 1.46. The van der Waals surface area contributed by atoms with E-state index >= 15 is 0 Å². The average Bonchev–Trinajstić information content (AvgIpc) is 2.13. The Bertz CT molecular complexity index is 120. The Morgan fingerprint density at radius 3 is 2.43 bits per heavy atom. The molecule has 0 aliphatic rings. The zero-order chi connectivity index (χ0) is 10.8. The van der Waals surface area contributed by atoms with Gasteiger partial charge in [-0.25, -0.2) is 0 Å². The van der Waals surface area contributed by atoms with E-state index in [1.165, 1.54) is 25.9 Å². The van der Waals surface area contributed by atoms with Crippen LogP contribution in [0.25, 0.3) is 0 Å². The van der Waals surface area contributed by atoms with Gasteiger partial charge in [0, 0.05) is 25.5 Å². The van der Waals surface area contributed by atoms with E-state index in [9.17, 15) is 0 Å². The molecule has 0 fully saturated rings. The first-order valence-electron chi connectivity index (χ1n) is 5.48. The molecule has 0 aromatic rings. The second-order valence-electron chi connectivity index (χ2n) is 4.08.